The topological polar surface area (TPSA) is 140 Å². The van der Waals surface area contributed by atoms with Crippen LogP contribution in [0.25, 0.3) is 0 Å². The van der Waals surface area contributed by atoms with Crippen LogP contribution in [0.15, 0.2) is 21.9 Å². The Balaban J connectivity index is 1.90. The van der Waals surface area contributed by atoms with E-state index in [0.29, 0.717) is 19.3 Å². The second-order valence-corrected chi connectivity index (χ2v) is 12.0. The number of H-pyrrole nitrogens is 1. The molecular formula is C22H37N2O8P. The molecule has 0 amide bonds. The highest BCUT2D eigenvalue weighted by Crippen LogP contribution is 2.61. The van der Waals surface area contributed by atoms with Crippen molar-refractivity contribution in [3.63, 3.8) is 0 Å². The van der Waals surface area contributed by atoms with Crippen molar-refractivity contribution in [3.05, 3.63) is 33.1 Å². The zero-order chi connectivity index (χ0) is 24.8. The number of hydrogen-bond acceptors (Lipinski definition) is 7. The normalized spacial score (nSPS) is 30.5. The first-order valence-electron chi connectivity index (χ1n) is 11.6. The fourth-order valence-corrected chi connectivity index (χ4v) is 6.82. The van der Waals surface area contributed by atoms with Gasteiger partial charge >= 0.3 is 13.3 Å². The number of aliphatic hydroxyl groups is 1. The maximum Gasteiger partial charge on any atom is 0.359 e. The van der Waals surface area contributed by atoms with Crippen molar-refractivity contribution in [1.82, 2.24) is 9.55 Å². The molecule has 1 saturated heterocycles. The monoisotopic (exact) mass is 488 g/mol. The highest BCUT2D eigenvalue weighted by molar-refractivity contribution is 7.54. The summed E-state index contributed by atoms with van der Waals surface area (Å²) in [6.45, 7) is 10.5. The highest BCUT2D eigenvalue weighted by atomic mass is 31.2. The van der Waals surface area contributed by atoms with Gasteiger partial charge in [-0.3, -0.25) is 18.9 Å². The third-order valence-corrected chi connectivity index (χ3v) is 9.58. The molecule has 2 aliphatic rings. The molecule has 188 valence electrons. The first-order valence-corrected chi connectivity index (χ1v) is 13.2. The van der Waals surface area contributed by atoms with E-state index in [2.05, 4.69) is 4.98 Å². The first-order chi connectivity index (χ1) is 15.2. The largest absolute Gasteiger partial charge is 0.377 e. The molecule has 2 heterocycles. The SMILES string of the molecule is CCC(C)(C[C@H]1C[C@@H](n2ccc(=O)[nH]c2=O)[C@@H]2OC(C)(C)O[C@H]12)OP(=O)(O)C(O)(CC)CC. The Hall–Kier alpha value is -1.29. The lowest BCUT2D eigenvalue weighted by Crippen LogP contribution is -2.38. The lowest BCUT2D eigenvalue weighted by Gasteiger charge is -2.39. The molecule has 0 bridgehead atoms. The summed E-state index contributed by atoms with van der Waals surface area (Å²) >= 11 is 0. The van der Waals surface area contributed by atoms with Crippen molar-refractivity contribution in [3.8, 4) is 0 Å². The van der Waals surface area contributed by atoms with Gasteiger partial charge in [0, 0.05) is 12.3 Å². The van der Waals surface area contributed by atoms with Gasteiger partial charge in [-0.15, -0.1) is 0 Å². The molecule has 1 aromatic heterocycles. The fourth-order valence-electron chi connectivity index (χ4n) is 5.05. The molecule has 2 fully saturated rings. The average molecular weight is 489 g/mol. The number of aromatic nitrogens is 2. The van der Waals surface area contributed by atoms with Gasteiger partial charge < -0.3 is 24.0 Å². The Morgan fingerprint density at radius 1 is 1.21 bits per heavy atom. The molecule has 11 heteroatoms. The lowest BCUT2D eigenvalue weighted by atomic mass is 9.87. The van der Waals surface area contributed by atoms with Crippen LogP contribution in [0, 0.1) is 5.92 Å². The Morgan fingerprint density at radius 2 is 1.82 bits per heavy atom. The lowest BCUT2D eigenvalue weighted by molar-refractivity contribution is -0.162. The summed E-state index contributed by atoms with van der Waals surface area (Å²) in [5.41, 5.74) is -2.01. The molecule has 3 N–H and O–H groups in total. The Labute approximate surface area is 193 Å². The third-order valence-electron chi connectivity index (χ3n) is 7.20. The summed E-state index contributed by atoms with van der Waals surface area (Å²) in [7, 11) is -4.36. The first kappa shape index (κ1) is 26.3. The van der Waals surface area contributed by atoms with E-state index in [9.17, 15) is 24.2 Å². The molecule has 6 atom stereocenters. The summed E-state index contributed by atoms with van der Waals surface area (Å²) < 4.78 is 32.7. The van der Waals surface area contributed by atoms with E-state index in [1.165, 1.54) is 16.8 Å². The van der Waals surface area contributed by atoms with Crippen LogP contribution >= 0.6 is 7.60 Å². The number of fused-ring (bicyclic) bond motifs is 1. The van der Waals surface area contributed by atoms with Crippen molar-refractivity contribution >= 4 is 7.60 Å². The van der Waals surface area contributed by atoms with E-state index in [4.69, 9.17) is 14.0 Å². The van der Waals surface area contributed by atoms with Gasteiger partial charge in [-0.2, -0.15) is 0 Å². The van der Waals surface area contributed by atoms with Crippen molar-refractivity contribution in [2.24, 2.45) is 5.92 Å². The van der Waals surface area contributed by atoms with Crippen molar-refractivity contribution in [2.75, 3.05) is 0 Å². The zero-order valence-electron chi connectivity index (χ0n) is 20.2. The predicted octanol–water partition coefficient (Wildman–Crippen LogP) is 2.89. The predicted molar refractivity (Wildman–Crippen MR) is 122 cm³/mol. The van der Waals surface area contributed by atoms with Crippen LogP contribution in [-0.2, 0) is 18.6 Å². The van der Waals surface area contributed by atoms with Crippen LogP contribution in [0.3, 0.4) is 0 Å². The summed E-state index contributed by atoms with van der Waals surface area (Å²) in [5.74, 6) is -1.01. The standard InChI is InChI=1S/C22H37N2O8P/c1-7-21(6,32-33(28,29)22(27,8-2)9-3)13-14-12-15(18-17(14)30-20(4,5)31-18)24-11-10-16(25)23-19(24)26/h10-11,14-15,17-18,27H,7-9,12-13H2,1-6H3,(H,28,29)(H,23,25,26)/t14-,15-,17-,18+,21?/m1/s1. The van der Waals surface area contributed by atoms with Gasteiger partial charge in [0.15, 0.2) is 11.1 Å². The highest BCUT2D eigenvalue weighted by Gasteiger charge is 2.57. The maximum atomic E-state index is 13.1. The van der Waals surface area contributed by atoms with Gasteiger partial charge in [0.25, 0.3) is 5.56 Å². The quantitative estimate of drug-likeness (QED) is 0.451. The van der Waals surface area contributed by atoms with Crippen LogP contribution in [0.1, 0.15) is 79.7 Å². The molecule has 0 radical (unpaired) electrons. The van der Waals surface area contributed by atoms with Crippen molar-refractivity contribution < 1.29 is 28.6 Å². The number of nitrogens with one attached hydrogen (secondary N) is 1. The minimum Gasteiger partial charge on any atom is -0.377 e. The molecule has 0 spiro atoms. The molecule has 0 aromatic carbocycles. The van der Waals surface area contributed by atoms with E-state index in [0.717, 1.165) is 0 Å². The van der Waals surface area contributed by atoms with Gasteiger partial charge in [-0.1, -0.05) is 20.8 Å². The van der Waals surface area contributed by atoms with Crippen LogP contribution in [0.2, 0.25) is 0 Å². The Kier molecular flexibility index (Phi) is 7.22. The second-order valence-electron chi connectivity index (χ2n) is 9.95. The molecule has 1 aliphatic carbocycles. The van der Waals surface area contributed by atoms with Gasteiger partial charge in [0.1, 0.15) is 6.10 Å². The molecule has 2 unspecified atom stereocenters. The molecule has 1 aromatic rings. The zero-order valence-corrected chi connectivity index (χ0v) is 21.1. The van der Waals surface area contributed by atoms with Crippen LogP contribution in [0.4, 0.5) is 0 Å². The molecule has 3 rings (SSSR count). The van der Waals surface area contributed by atoms with E-state index in [1.807, 2.05) is 6.92 Å². The summed E-state index contributed by atoms with van der Waals surface area (Å²) in [6, 6.07) is 0.916. The summed E-state index contributed by atoms with van der Waals surface area (Å²) in [6.07, 6.45) is 2.14. The van der Waals surface area contributed by atoms with E-state index < -0.39 is 41.7 Å². The smallest absolute Gasteiger partial charge is 0.359 e. The second kappa shape index (κ2) is 9.06. The molecule has 1 saturated carbocycles. The molecule has 1 aliphatic heterocycles. The van der Waals surface area contributed by atoms with Crippen LogP contribution < -0.4 is 11.2 Å². The van der Waals surface area contributed by atoms with E-state index in [1.54, 1.807) is 34.6 Å². The fraction of sp³-hybridized carbons (Fsp3) is 0.818. The van der Waals surface area contributed by atoms with Gasteiger partial charge in [-0.25, -0.2) is 4.79 Å². The van der Waals surface area contributed by atoms with Gasteiger partial charge in [0.05, 0.1) is 17.7 Å². The third kappa shape index (κ3) is 5.06. The van der Waals surface area contributed by atoms with Gasteiger partial charge in [0.2, 0.25) is 0 Å². The number of aromatic amines is 1. The van der Waals surface area contributed by atoms with Crippen LogP contribution in [-0.4, -0.2) is 48.5 Å². The average Bonchev–Trinajstić information content (AvgIpc) is 3.20. The van der Waals surface area contributed by atoms with E-state index in [-0.39, 0.29) is 30.9 Å². The Bertz CT molecular complexity index is 1020. The maximum absolute atomic E-state index is 13.1. The van der Waals surface area contributed by atoms with Crippen molar-refractivity contribution in [1.29, 1.82) is 0 Å². The molecule has 33 heavy (non-hydrogen) atoms. The minimum absolute atomic E-state index is 0.0908. The number of nitrogens with zero attached hydrogens (tertiary/aromatic N) is 1. The van der Waals surface area contributed by atoms with Crippen molar-refractivity contribution in [2.45, 2.75) is 109 Å². The van der Waals surface area contributed by atoms with E-state index >= 15 is 0 Å². The van der Waals surface area contributed by atoms with Gasteiger partial charge in [-0.05, 0) is 58.8 Å². The van der Waals surface area contributed by atoms with Crippen LogP contribution in [0.5, 0.6) is 0 Å². The number of hydrogen-bond donors (Lipinski definition) is 3. The summed E-state index contributed by atoms with van der Waals surface area (Å²) in [5, 5.41) is 8.87. The summed E-state index contributed by atoms with van der Waals surface area (Å²) in [4.78, 5) is 37.0. The Morgan fingerprint density at radius 3 is 2.36 bits per heavy atom. The molecular weight excluding hydrogens is 451 g/mol. The minimum atomic E-state index is -4.36. The number of rotatable bonds is 9. The number of ether oxygens (including phenoxy) is 2. The molecule has 10 nitrogen and oxygen atoms in total.